The standard InChI is InChI=1S/C19H22ClN5O2/c20-14-8-22-24(10-14)17-1-4-21-9-18(17)23-5-2-13(3-6-23)19(26)25-15-7-16(25)12-27-11-15/h1,4,8-10,13,15-16H,2-3,5-7,11-12H2. The van der Waals surface area contributed by atoms with Crippen molar-refractivity contribution in [1.82, 2.24) is 19.7 Å². The van der Waals surface area contributed by atoms with Gasteiger partial charge < -0.3 is 14.5 Å². The minimum atomic E-state index is 0.115. The maximum absolute atomic E-state index is 12.9. The van der Waals surface area contributed by atoms with Crippen LogP contribution in [0.15, 0.2) is 30.9 Å². The van der Waals surface area contributed by atoms with Crippen molar-refractivity contribution in [1.29, 1.82) is 0 Å². The van der Waals surface area contributed by atoms with E-state index in [2.05, 4.69) is 19.9 Å². The zero-order valence-corrected chi connectivity index (χ0v) is 15.8. The topological polar surface area (TPSA) is 63.5 Å². The highest BCUT2D eigenvalue weighted by Gasteiger charge is 2.47. The van der Waals surface area contributed by atoms with Crippen LogP contribution in [-0.4, -0.2) is 64.0 Å². The number of carbonyl (C=O) groups excluding carboxylic acids is 1. The Morgan fingerprint density at radius 3 is 2.59 bits per heavy atom. The Hall–Kier alpha value is -2.12. The number of aromatic nitrogens is 3. The van der Waals surface area contributed by atoms with Crippen LogP contribution < -0.4 is 4.90 Å². The van der Waals surface area contributed by atoms with E-state index in [1.807, 2.05) is 12.3 Å². The number of rotatable bonds is 3. The van der Waals surface area contributed by atoms with E-state index >= 15 is 0 Å². The first-order valence-electron chi connectivity index (χ1n) is 9.50. The predicted octanol–water partition coefficient (Wildman–Crippen LogP) is 2.14. The highest BCUT2D eigenvalue weighted by molar-refractivity contribution is 6.30. The first-order chi connectivity index (χ1) is 13.2. The Morgan fingerprint density at radius 1 is 1.15 bits per heavy atom. The fraction of sp³-hybridized carbons (Fsp3) is 0.526. The van der Waals surface area contributed by atoms with Crippen molar-refractivity contribution >= 4 is 23.2 Å². The fourth-order valence-electron chi connectivity index (χ4n) is 4.52. The van der Waals surface area contributed by atoms with Crippen molar-refractivity contribution in [2.24, 2.45) is 5.92 Å². The lowest BCUT2D eigenvalue weighted by molar-refractivity contribution is -0.172. The van der Waals surface area contributed by atoms with E-state index in [9.17, 15) is 4.79 Å². The summed E-state index contributed by atoms with van der Waals surface area (Å²) in [6.07, 6.45) is 9.88. The first-order valence-corrected chi connectivity index (χ1v) is 9.88. The van der Waals surface area contributed by atoms with E-state index in [0.29, 0.717) is 36.2 Å². The molecule has 2 unspecified atom stereocenters. The molecular weight excluding hydrogens is 366 g/mol. The van der Waals surface area contributed by atoms with E-state index in [4.69, 9.17) is 16.3 Å². The number of fused-ring (bicyclic) bond motifs is 2. The molecule has 2 aromatic rings. The van der Waals surface area contributed by atoms with Gasteiger partial charge in [-0.3, -0.25) is 9.78 Å². The second kappa shape index (κ2) is 6.80. The Kier molecular flexibility index (Phi) is 4.28. The van der Waals surface area contributed by atoms with Gasteiger partial charge in [0.25, 0.3) is 0 Å². The molecule has 0 aromatic carbocycles. The Balaban J connectivity index is 1.28. The second-order valence-corrected chi connectivity index (χ2v) is 7.99. The minimum Gasteiger partial charge on any atom is -0.377 e. The average molecular weight is 388 g/mol. The molecule has 2 atom stereocenters. The van der Waals surface area contributed by atoms with Crippen LogP contribution >= 0.6 is 11.6 Å². The quantitative estimate of drug-likeness (QED) is 0.807. The molecule has 7 nitrogen and oxygen atoms in total. The molecule has 3 saturated heterocycles. The van der Waals surface area contributed by atoms with Gasteiger partial charge in [-0.15, -0.1) is 0 Å². The molecule has 27 heavy (non-hydrogen) atoms. The number of hydrogen-bond acceptors (Lipinski definition) is 5. The molecule has 8 heteroatoms. The number of amides is 1. The van der Waals surface area contributed by atoms with Crippen LogP contribution in [0, 0.1) is 5.92 Å². The minimum absolute atomic E-state index is 0.115. The number of piperidine rings is 1. The third kappa shape index (κ3) is 2.99. The van der Waals surface area contributed by atoms with Gasteiger partial charge in [-0.05, 0) is 25.3 Å². The lowest BCUT2D eigenvalue weighted by Crippen LogP contribution is -2.67. The summed E-state index contributed by atoms with van der Waals surface area (Å²) in [5, 5.41) is 4.92. The highest BCUT2D eigenvalue weighted by atomic mass is 35.5. The molecule has 5 heterocycles. The predicted molar refractivity (Wildman–Crippen MR) is 101 cm³/mol. The van der Waals surface area contributed by atoms with Gasteiger partial charge in [-0.2, -0.15) is 5.10 Å². The molecule has 0 spiro atoms. The van der Waals surface area contributed by atoms with Gasteiger partial charge in [0, 0.05) is 31.4 Å². The van der Waals surface area contributed by atoms with Gasteiger partial charge in [-0.1, -0.05) is 11.6 Å². The number of carbonyl (C=O) groups is 1. The van der Waals surface area contributed by atoms with E-state index in [1.54, 1.807) is 23.3 Å². The van der Waals surface area contributed by atoms with Gasteiger partial charge in [0.2, 0.25) is 5.91 Å². The molecule has 142 valence electrons. The summed E-state index contributed by atoms with van der Waals surface area (Å²) in [6.45, 7) is 3.08. The number of hydrogen-bond donors (Lipinski definition) is 0. The molecule has 0 N–H and O–H groups in total. The SMILES string of the molecule is O=C(C1CCN(c2cnccc2-n2cc(Cl)cn2)CC1)N1C2COCC1C2. The number of morpholine rings is 1. The van der Waals surface area contributed by atoms with Crippen LogP contribution in [0.25, 0.3) is 5.69 Å². The van der Waals surface area contributed by atoms with E-state index in [0.717, 1.165) is 43.7 Å². The van der Waals surface area contributed by atoms with E-state index in [1.165, 1.54) is 0 Å². The van der Waals surface area contributed by atoms with Crippen LogP contribution in [0.3, 0.4) is 0 Å². The average Bonchev–Trinajstić information content (AvgIpc) is 3.15. The summed E-state index contributed by atoms with van der Waals surface area (Å²) in [6, 6.07) is 2.56. The molecule has 0 aliphatic carbocycles. The number of nitrogens with zero attached hydrogens (tertiary/aromatic N) is 5. The molecule has 2 bridgehead atoms. The number of ether oxygens (including phenoxy) is 1. The molecule has 3 aliphatic heterocycles. The fourth-order valence-corrected chi connectivity index (χ4v) is 4.66. The monoisotopic (exact) mass is 387 g/mol. The molecule has 5 rings (SSSR count). The van der Waals surface area contributed by atoms with Crippen LogP contribution in [0.5, 0.6) is 0 Å². The molecule has 0 radical (unpaired) electrons. The lowest BCUT2D eigenvalue weighted by Gasteiger charge is -2.53. The molecule has 1 amide bonds. The van der Waals surface area contributed by atoms with Crippen LogP contribution in [0.4, 0.5) is 5.69 Å². The van der Waals surface area contributed by atoms with Gasteiger partial charge >= 0.3 is 0 Å². The highest BCUT2D eigenvalue weighted by Crippen LogP contribution is 2.35. The molecule has 0 saturated carbocycles. The Morgan fingerprint density at radius 2 is 1.93 bits per heavy atom. The lowest BCUT2D eigenvalue weighted by atomic mass is 9.86. The van der Waals surface area contributed by atoms with Gasteiger partial charge in [-0.25, -0.2) is 4.68 Å². The third-order valence-electron chi connectivity index (χ3n) is 5.97. The summed E-state index contributed by atoms with van der Waals surface area (Å²) < 4.78 is 7.28. The smallest absolute Gasteiger partial charge is 0.226 e. The van der Waals surface area contributed by atoms with Crippen molar-refractivity contribution in [3.63, 3.8) is 0 Å². The number of pyridine rings is 1. The molecule has 2 aromatic heterocycles. The van der Waals surface area contributed by atoms with Crippen LogP contribution in [0.2, 0.25) is 5.02 Å². The maximum atomic E-state index is 12.9. The van der Waals surface area contributed by atoms with E-state index < -0.39 is 0 Å². The van der Waals surface area contributed by atoms with Crippen molar-refractivity contribution < 1.29 is 9.53 Å². The summed E-state index contributed by atoms with van der Waals surface area (Å²) in [5.74, 6) is 0.438. The van der Waals surface area contributed by atoms with E-state index in [-0.39, 0.29) is 5.92 Å². The zero-order valence-electron chi connectivity index (χ0n) is 15.0. The summed E-state index contributed by atoms with van der Waals surface area (Å²) in [5.41, 5.74) is 1.98. The Bertz CT molecular complexity index is 834. The van der Waals surface area contributed by atoms with Gasteiger partial charge in [0.05, 0.1) is 54.1 Å². The summed E-state index contributed by atoms with van der Waals surface area (Å²) in [4.78, 5) is 21.6. The number of halogens is 1. The third-order valence-corrected chi connectivity index (χ3v) is 6.16. The maximum Gasteiger partial charge on any atom is 0.226 e. The Labute approximate surface area is 162 Å². The van der Waals surface area contributed by atoms with Crippen molar-refractivity contribution in [2.45, 2.75) is 31.3 Å². The zero-order chi connectivity index (χ0) is 18.4. The normalized spacial score (nSPS) is 25.4. The summed E-state index contributed by atoms with van der Waals surface area (Å²) in [7, 11) is 0. The van der Waals surface area contributed by atoms with Crippen LogP contribution in [-0.2, 0) is 9.53 Å². The first kappa shape index (κ1) is 17.0. The van der Waals surface area contributed by atoms with Crippen molar-refractivity contribution in [2.75, 3.05) is 31.2 Å². The van der Waals surface area contributed by atoms with Crippen LogP contribution in [0.1, 0.15) is 19.3 Å². The molecular formula is C19H22ClN5O2. The molecule has 3 aliphatic rings. The van der Waals surface area contributed by atoms with Crippen molar-refractivity contribution in [3.05, 3.63) is 35.9 Å². The van der Waals surface area contributed by atoms with Gasteiger partial charge in [0.15, 0.2) is 0 Å². The molecule has 3 fully saturated rings. The number of anilines is 1. The van der Waals surface area contributed by atoms with Gasteiger partial charge in [0.1, 0.15) is 0 Å². The van der Waals surface area contributed by atoms with Crippen molar-refractivity contribution in [3.8, 4) is 5.69 Å². The second-order valence-electron chi connectivity index (χ2n) is 7.56. The largest absolute Gasteiger partial charge is 0.377 e. The summed E-state index contributed by atoms with van der Waals surface area (Å²) >= 11 is 6.03.